The van der Waals surface area contributed by atoms with Crippen molar-refractivity contribution in [3.8, 4) is 11.5 Å². The van der Waals surface area contributed by atoms with E-state index < -0.39 is 29.2 Å². The number of Topliss-reactive ketones (excluding diaryl/α,β-unsaturated/α-hetero) is 2. The van der Waals surface area contributed by atoms with Gasteiger partial charge in [0.25, 0.3) is 0 Å². The zero-order chi connectivity index (χ0) is 22.5. The lowest BCUT2D eigenvalue weighted by Crippen LogP contribution is -2.46. The van der Waals surface area contributed by atoms with Gasteiger partial charge >= 0.3 is 5.97 Å². The zero-order valence-corrected chi connectivity index (χ0v) is 18.4. The highest BCUT2D eigenvalue weighted by Gasteiger charge is 2.45. The van der Waals surface area contributed by atoms with Crippen LogP contribution in [0.3, 0.4) is 0 Å². The van der Waals surface area contributed by atoms with E-state index in [1.807, 2.05) is 0 Å². The maximum atomic E-state index is 13.3. The number of aliphatic hydroxyl groups is 2. The van der Waals surface area contributed by atoms with E-state index in [0.29, 0.717) is 0 Å². The van der Waals surface area contributed by atoms with Crippen molar-refractivity contribution in [2.45, 2.75) is 31.5 Å². The molecule has 2 aliphatic carbocycles. The topological polar surface area (TPSA) is 110 Å². The highest BCUT2D eigenvalue weighted by atomic mass is 79.9. The van der Waals surface area contributed by atoms with Gasteiger partial charge in [-0.15, -0.1) is 0 Å². The van der Waals surface area contributed by atoms with E-state index in [1.54, 1.807) is 24.3 Å². The van der Waals surface area contributed by atoms with E-state index >= 15 is 0 Å². The summed E-state index contributed by atoms with van der Waals surface area (Å²) < 4.78 is 11.5. The van der Waals surface area contributed by atoms with Crippen LogP contribution in [0.25, 0.3) is 0 Å². The summed E-state index contributed by atoms with van der Waals surface area (Å²) in [4.78, 5) is 39.2. The molecule has 0 aromatic heterocycles. The Labute approximate surface area is 186 Å². The molecule has 0 fully saturated rings. The van der Waals surface area contributed by atoms with Crippen molar-refractivity contribution in [1.29, 1.82) is 0 Å². The van der Waals surface area contributed by atoms with Crippen LogP contribution in [0.1, 0.15) is 50.8 Å². The molecule has 0 saturated heterocycles. The maximum absolute atomic E-state index is 13.3. The standard InChI is InChI=1S/C23H19BrO7/c1-23(29)10-16-14(9-18(23)25)21(27)19-15(20(16)26)7-13(30-2)8-17(19)31-22(28)11-3-5-12(24)6-4-11/h3-8,18,25,29H,9-10H2,1-2H3/t18-,23+/m1/s1. The van der Waals surface area contributed by atoms with Gasteiger partial charge in [0.2, 0.25) is 0 Å². The van der Waals surface area contributed by atoms with Gasteiger partial charge in [-0.25, -0.2) is 4.79 Å². The first-order valence-electron chi connectivity index (χ1n) is 9.54. The molecule has 31 heavy (non-hydrogen) atoms. The molecular formula is C23H19BrO7. The summed E-state index contributed by atoms with van der Waals surface area (Å²) in [5, 5.41) is 20.6. The predicted octanol–water partition coefficient (Wildman–Crippen LogP) is 3.26. The largest absolute Gasteiger partial charge is 0.497 e. The average Bonchev–Trinajstić information content (AvgIpc) is 2.73. The number of halogens is 1. The van der Waals surface area contributed by atoms with Crippen molar-refractivity contribution >= 4 is 33.5 Å². The lowest BCUT2D eigenvalue weighted by atomic mass is 9.71. The van der Waals surface area contributed by atoms with Crippen LogP contribution in [0.2, 0.25) is 0 Å². The van der Waals surface area contributed by atoms with Crippen molar-refractivity contribution < 1.29 is 34.1 Å². The van der Waals surface area contributed by atoms with E-state index in [-0.39, 0.29) is 52.2 Å². The number of hydrogen-bond donors (Lipinski definition) is 2. The van der Waals surface area contributed by atoms with Gasteiger partial charge in [0.1, 0.15) is 11.5 Å². The number of hydrogen-bond acceptors (Lipinski definition) is 7. The highest BCUT2D eigenvalue weighted by molar-refractivity contribution is 9.10. The number of carbonyl (C=O) groups is 3. The fraction of sp³-hybridized carbons (Fsp3) is 0.261. The summed E-state index contributed by atoms with van der Waals surface area (Å²) in [6, 6.07) is 9.27. The molecule has 4 rings (SSSR count). The SMILES string of the molecule is COc1cc(OC(=O)c2ccc(Br)cc2)c2c(c1)C(=O)C1=C(C[C@@H](O)[C@@](C)(O)C1)C2=O. The molecule has 2 N–H and O–H groups in total. The normalized spacial score (nSPS) is 22.7. The molecule has 7 nitrogen and oxygen atoms in total. The van der Waals surface area contributed by atoms with E-state index in [4.69, 9.17) is 9.47 Å². The Kier molecular flexibility index (Phi) is 5.33. The van der Waals surface area contributed by atoms with Crippen molar-refractivity contribution in [1.82, 2.24) is 0 Å². The van der Waals surface area contributed by atoms with Gasteiger partial charge < -0.3 is 19.7 Å². The number of aliphatic hydroxyl groups excluding tert-OH is 1. The molecule has 0 spiro atoms. The van der Waals surface area contributed by atoms with Crippen LogP contribution in [-0.4, -0.2) is 46.6 Å². The second-order valence-corrected chi connectivity index (χ2v) is 8.73. The van der Waals surface area contributed by atoms with E-state index in [9.17, 15) is 24.6 Å². The first kappa shape index (κ1) is 21.4. The molecule has 2 aliphatic rings. The number of methoxy groups -OCH3 is 1. The summed E-state index contributed by atoms with van der Waals surface area (Å²) >= 11 is 3.30. The minimum Gasteiger partial charge on any atom is -0.497 e. The minimum atomic E-state index is -1.53. The van der Waals surface area contributed by atoms with Crippen LogP contribution in [0.15, 0.2) is 52.0 Å². The Morgan fingerprint density at radius 3 is 2.45 bits per heavy atom. The number of esters is 1. The third kappa shape index (κ3) is 3.71. The Morgan fingerprint density at radius 1 is 1.13 bits per heavy atom. The number of benzene rings is 2. The van der Waals surface area contributed by atoms with Gasteiger partial charge in [0.15, 0.2) is 11.6 Å². The van der Waals surface area contributed by atoms with E-state index in [2.05, 4.69) is 15.9 Å². The van der Waals surface area contributed by atoms with Gasteiger partial charge in [0.05, 0.1) is 29.9 Å². The van der Waals surface area contributed by atoms with Crippen LogP contribution in [0.4, 0.5) is 0 Å². The summed E-state index contributed by atoms with van der Waals surface area (Å²) in [5.74, 6) is -1.53. The monoisotopic (exact) mass is 486 g/mol. The number of fused-ring (bicyclic) bond motifs is 1. The lowest BCUT2D eigenvalue weighted by Gasteiger charge is -2.37. The van der Waals surface area contributed by atoms with E-state index in [0.717, 1.165) is 4.47 Å². The molecule has 0 radical (unpaired) electrons. The van der Waals surface area contributed by atoms with Crippen LogP contribution in [-0.2, 0) is 0 Å². The molecular weight excluding hydrogens is 468 g/mol. The highest BCUT2D eigenvalue weighted by Crippen LogP contribution is 2.43. The molecule has 0 unspecified atom stereocenters. The Hall–Kier alpha value is -2.81. The molecule has 160 valence electrons. The van der Waals surface area contributed by atoms with Crippen LogP contribution in [0, 0.1) is 0 Å². The molecule has 0 heterocycles. The molecule has 2 atom stereocenters. The van der Waals surface area contributed by atoms with Gasteiger partial charge in [-0.3, -0.25) is 9.59 Å². The first-order valence-corrected chi connectivity index (χ1v) is 10.3. The first-order chi connectivity index (χ1) is 14.6. The molecule has 0 aliphatic heterocycles. The summed E-state index contributed by atoms with van der Waals surface area (Å²) in [6.07, 6.45) is -1.52. The molecule has 2 aromatic rings. The van der Waals surface area contributed by atoms with Gasteiger partial charge in [-0.05, 0) is 37.3 Å². The fourth-order valence-corrected chi connectivity index (χ4v) is 4.09. The van der Waals surface area contributed by atoms with Crippen molar-refractivity contribution in [2.75, 3.05) is 7.11 Å². The fourth-order valence-electron chi connectivity index (χ4n) is 3.83. The minimum absolute atomic E-state index is 0.0360. The van der Waals surface area contributed by atoms with Crippen LogP contribution in [0.5, 0.6) is 11.5 Å². The molecule has 0 bridgehead atoms. The van der Waals surface area contributed by atoms with Crippen molar-refractivity contribution in [3.63, 3.8) is 0 Å². The Balaban J connectivity index is 1.79. The predicted molar refractivity (Wildman–Crippen MR) is 114 cm³/mol. The smallest absolute Gasteiger partial charge is 0.343 e. The van der Waals surface area contributed by atoms with Crippen molar-refractivity contribution in [2.24, 2.45) is 0 Å². The third-order valence-electron chi connectivity index (χ3n) is 5.63. The van der Waals surface area contributed by atoms with Gasteiger partial charge in [-0.1, -0.05) is 15.9 Å². The molecule has 0 saturated carbocycles. The Morgan fingerprint density at radius 2 is 1.81 bits per heavy atom. The number of ketones is 2. The lowest BCUT2D eigenvalue weighted by molar-refractivity contribution is -0.0651. The second kappa shape index (κ2) is 7.71. The summed E-state index contributed by atoms with van der Waals surface area (Å²) in [7, 11) is 1.39. The van der Waals surface area contributed by atoms with Gasteiger partial charge in [0, 0.05) is 40.1 Å². The van der Waals surface area contributed by atoms with E-state index in [1.165, 1.54) is 26.2 Å². The average molecular weight is 487 g/mol. The number of rotatable bonds is 3. The van der Waals surface area contributed by atoms with Gasteiger partial charge in [-0.2, -0.15) is 0 Å². The second-order valence-electron chi connectivity index (χ2n) is 7.81. The Bertz CT molecular complexity index is 1150. The third-order valence-corrected chi connectivity index (χ3v) is 6.16. The molecule has 0 amide bonds. The maximum Gasteiger partial charge on any atom is 0.343 e. The number of carbonyl (C=O) groups excluding carboxylic acids is 3. The number of ether oxygens (including phenoxy) is 2. The molecule has 2 aromatic carbocycles. The van der Waals surface area contributed by atoms with Crippen molar-refractivity contribution in [3.05, 3.63) is 68.7 Å². The van der Waals surface area contributed by atoms with Crippen LogP contribution >= 0.6 is 15.9 Å². The summed E-state index contributed by atoms with van der Waals surface area (Å²) in [6.45, 7) is 1.42. The summed E-state index contributed by atoms with van der Waals surface area (Å²) in [5.41, 5.74) is -0.993. The van der Waals surface area contributed by atoms with Crippen LogP contribution < -0.4 is 9.47 Å². The quantitative estimate of drug-likeness (QED) is 0.505. The molecule has 8 heteroatoms. The zero-order valence-electron chi connectivity index (χ0n) is 16.8.